The van der Waals surface area contributed by atoms with Crippen LogP contribution in [0.25, 0.3) is 0 Å². The quantitative estimate of drug-likeness (QED) is 0.811. The second-order valence-corrected chi connectivity index (χ2v) is 5.31. The Balaban J connectivity index is 1.76. The molecule has 0 unspecified atom stereocenters. The molecule has 0 atom stereocenters. The van der Waals surface area contributed by atoms with Crippen molar-refractivity contribution in [2.75, 3.05) is 19.3 Å². The number of likely N-dealkylation sites (N-methyl/N-ethyl adjacent to an activating group) is 1. The van der Waals surface area contributed by atoms with Gasteiger partial charge in [0.1, 0.15) is 0 Å². The van der Waals surface area contributed by atoms with Crippen LogP contribution in [-0.4, -0.2) is 24.4 Å². The highest BCUT2D eigenvalue weighted by molar-refractivity contribution is 5.76. The molecule has 0 aliphatic heterocycles. The van der Waals surface area contributed by atoms with Crippen LogP contribution in [0.4, 0.5) is 5.69 Å². The van der Waals surface area contributed by atoms with Crippen molar-refractivity contribution in [3.05, 3.63) is 29.8 Å². The molecule has 1 aliphatic carbocycles. The molecule has 2 N–H and O–H groups in total. The highest BCUT2D eigenvalue weighted by Crippen LogP contribution is 2.29. The molecular weight excluding hydrogens is 224 g/mol. The molecule has 3 nitrogen and oxygen atoms in total. The van der Waals surface area contributed by atoms with E-state index >= 15 is 0 Å². The van der Waals surface area contributed by atoms with Crippen LogP contribution in [0.1, 0.15) is 31.2 Å². The van der Waals surface area contributed by atoms with Crippen LogP contribution >= 0.6 is 0 Å². The summed E-state index contributed by atoms with van der Waals surface area (Å²) in [7, 11) is 1.90. The number of hydrogen-bond acceptors (Lipinski definition) is 2. The van der Waals surface area contributed by atoms with E-state index in [1.165, 1.54) is 24.8 Å². The summed E-state index contributed by atoms with van der Waals surface area (Å²) in [5, 5.41) is 0. The van der Waals surface area contributed by atoms with E-state index in [9.17, 15) is 4.79 Å². The number of amides is 1. The Morgan fingerprint density at radius 2 is 2.22 bits per heavy atom. The maximum absolute atomic E-state index is 11.9. The largest absolute Gasteiger partial charge is 0.399 e. The van der Waals surface area contributed by atoms with E-state index in [1.54, 1.807) is 0 Å². The van der Waals surface area contributed by atoms with Crippen LogP contribution < -0.4 is 5.73 Å². The summed E-state index contributed by atoms with van der Waals surface area (Å²) in [5.41, 5.74) is 7.72. The molecule has 3 heteroatoms. The lowest BCUT2D eigenvalue weighted by Gasteiger charge is -2.27. The Kier molecular flexibility index (Phi) is 4.24. The van der Waals surface area contributed by atoms with Crippen molar-refractivity contribution in [1.82, 2.24) is 4.90 Å². The molecule has 2 rings (SSSR count). The van der Waals surface area contributed by atoms with Gasteiger partial charge in [0.05, 0.1) is 0 Å². The minimum Gasteiger partial charge on any atom is -0.399 e. The van der Waals surface area contributed by atoms with Gasteiger partial charge in [-0.3, -0.25) is 4.79 Å². The summed E-state index contributed by atoms with van der Waals surface area (Å²) in [6, 6.07) is 7.88. The number of nitrogen functional groups attached to an aromatic ring is 1. The molecule has 1 fully saturated rings. The summed E-state index contributed by atoms with van der Waals surface area (Å²) in [6.45, 7) is 0.773. The Bertz CT molecular complexity index is 413. The van der Waals surface area contributed by atoms with E-state index in [4.69, 9.17) is 5.73 Å². The third-order valence-corrected chi connectivity index (χ3v) is 3.80. The molecule has 1 aromatic carbocycles. The average Bonchev–Trinajstić information content (AvgIpc) is 2.30. The van der Waals surface area contributed by atoms with Crippen molar-refractivity contribution in [3.63, 3.8) is 0 Å². The number of nitrogens with zero attached hydrogens (tertiary/aromatic N) is 1. The molecule has 0 saturated heterocycles. The van der Waals surface area contributed by atoms with Crippen LogP contribution in [0.15, 0.2) is 24.3 Å². The normalized spacial score (nSPS) is 15.2. The summed E-state index contributed by atoms with van der Waals surface area (Å²) in [4.78, 5) is 13.8. The number of benzene rings is 1. The van der Waals surface area contributed by atoms with Gasteiger partial charge < -0.3 is 10.6 Å². The molecule has 0 spiro atoms. The Hall–Kier alpha value is -1.51. The van der Waals surface area contributed by atoms with Crippen LogP contribution in [0.3, 0.4) is 0 Å². The highest BCUT2D eigenvalue weighted by atomic mass is 16.2. The molecule has 0 radical (unpaired) electrons. The zero-order valence-corrected chi connectivity index (χ0v) is 11.1. The van der Waals surface area contributed by atoms with Crippen molar-refractivity contribution in [2.24, 2.45) is 5.92 Å². The van der Waals surface area contributed by atoms with Gasteiger partial charge in [-0.05, 0) is 42.9 Å². The first-order chi connectivity index (χ1) is 8.65. The average molecular weight is 246 g/mol. The van der Waals surface area contributed by atoms with Crippen LogP contribution in [-0.2, 0) is 11.2 Å². The third-order valence-electron chi connectivity index (χ3n) is 3.80. The molecule has 0 bridgehead atoms. The van der Waals surface area contributed by atoms with E-state index in [0.717, 1.165) is 25.1 Å². The van der Waals surface area contributed by atoms with Gasteiger partial charge in [0.25, 0.3) is 0 Å². The lowest BCUT2D eigenvalue weighted by molar-refractivity contribution is -0.131. The van der Waals surface area contributed by atoms with Gasteiger partial charge in [0.2, 0.25) is 5.91 Å². The minimum absolute atomic E-state index is 0.281. The van der Waals surface area contributed by atoms with Gasteiger partial charge >= 0.3 is 0 Å². The topological polar surface area (TPSA) is 46.3 Å². The number of anilines is 1. The Morgan fingerprint density at radius 1 is 1.44 bits per heavy atom. The zero-order valence-electron chi connectivity index (χ0n) is 11.1. The van der Waals surface area contributed by atoms with E-state index in [2.05, 4.69) is 6.07 Å². The zero-order chi connectivity index (χ0) is 13.0. The SMILES string of the molecule is CN(CCc1cccc(N)c1)C(=O)CC1CCC1. The van der Waals surface area contributed by atoms with Gasteiger partial charge in [-0.25, -0.2) is 0 Å². The second kappa shape index (κ2) is 5.89. The molecular formula is C15H22N2O. The Labute approximate surface area is 109 Å². The van der Waals surface area contributed by atoms with Crippen molar-refractivity contribution in [3.8, 4) is 0 Å². The fraction of sp³-hybridized carbons (Fsp3) is 0.533. The van der Waals surface area contributed by atoms with Gasteiger partial charge in [-0.2, -0.15) is 0 Å². The molecule has 0 aromatic heterocycles. The first-order valence-corrected chi connectivity index (χ1v) is 6.73. The molecule has 18 heavy (non-hydrogen) atoms. The van der Waals surface area contributed by atoms with Crippen molar-refractivity contribution in [1.29, 1.82) is 0 Å². The van der Waals surface area contributed by atoms with E-state index < -0.39 is 0 Å². The Morgan fingerprint density at radius 3 is 2.83 bits per heavy atom. The molecule has 0 heterocycles. The lowest BCUT2D eigenvalue weighted by Crippen LogP contribution is -2.31. The second-order valence-electron chi connectivity index (χ2n) is 5.31. The van der Waals surface area contributed by atoms with Gasteiger partial charge in [0.15, 0.2) is 0 Å². The fourth-order valence-electron chi connectivity index (χ4n) is 2.27. The fourth-order valence-corrected chi connectivity index (χ4v) is 2.27. The summed E-state index contributed by atoms with van der Waals surface area (Å²) in [6.07, 6.45) is 5.36. The molecule has 1 saturated carbocycles. The smallest absolute Gasteiger partial charge is 0.222 e. The number of rotatable bonds is 5. The highest BCUT2D eigenvalue weighted by Gasteiger charge is 2.22. The molecule has 1 aromatic rings. The van der Waals surface area contributed by atoms with E-state index in [1.807, 2.05) is 30.1 Å². The van der Waals surface area contributed by atoms with Crippen LogP contribution in [0.5, 0.6) is 0 Å². The summed E-state index contributed by atoms with van der Waals surface area (Å²) >= 11 is 0. The minimum atomic E-state index is 0.281. The predicted octanol–water partition coefficient (Wildman–Crippen LogP) is 2.46. The number of nitrogens with two attached hydrogens (primary N) is 1. The maximum atomic E-state index is 11.9. The monoisotopic (exact) mass is 246 g/mol. The predicted molar refractivity (Wildman–Crippen MR) is 74.2 cm³/mol. The summed E-state index contributed by atoms with van der Waals surface area (Å²) < 4.78 is 0. The van der Waals surface area contributed by atoms with Gasteiger partial charge in [-0.15, -0.1) is 0 Å². The number of carbonyl (C=O) groups excluding carboxylic acids is 1. The van der Waals surface area contributed by atoms with Gasteiger partial charge in [0, 0.05) is 25.7 Å². The molecule has 1 aliphatic rings. The summed E-state index contributed by atoms with van der Waals surface area (Å²) in [5.74, 6) is 0.927. The van der Waals surface area contributed by atoms with Crippen LogP contribution in [0, 0.1) is 5.92 Å². The number of hydrogen-bond donors (Lipinski definition) is 1. The maximum Gasteiger partial charge on any atom is 0.222 e. The third kappa shape index (κ3) is 3.49. The van der Waals surface area contributed by atoms with Crippen molar-refractivity contribution < 1.29 is 4.79 Å². The van der Waals surface area contributed by atoms with Crippen molar-refractivity contribution >= 4 is 11.6 Å². The lowest BCUT2D eigenvalue weighted by atomic mass is 9.83. The van der Waals surface area contributed by atoms with Crippen LogP contribution in [0.2, 0.25) is 0 Å². The standard InChI is InChI=1S/C15H22N2O/c1-17(15(18)11-12-4-2-5-12)9-8-13-6-3-7-14(16)10-13/h3,6-7,10,12H,2,4-5,8-9,11,16H2,1H3. The first-order valence-electron chi connectivity index (χ1n) is 6.73. The van der Waals surface area contributed by atoms with Gasteiger partial charge in [-0.1, -0.05) is 18.6 Å². The first kappa shape index (κ1) is 12.9. The van der Waals surface area contributed by atoms with Crippen molar-refractivity contribution in [2.45, 2.75) is 32.1 Å². The molecule has 1 amide bonds. The molecule has 98 valence electrons. The van der Waals surface area contributed by atoms with E-state index in [-0.39, 0.29) is 5.91 Å². The van der Waals surface area contributed by atoms with E-state index in [0.29, 0.717) is 5.92 Å². The number of carbonyl (C=O) groups is 1.